The molecule has 3 heteroatoms. The molecule has 0 aromatic heterocycles. The van der Waals surface area contributed by atoms with Crippen molar-refractivity contribution >= 4 is 0 Å². The van der Waals surface area contributed by atoms with E-state index in [4.69, 9.17) is 4.74 Å². The molecule has 0 saturated heterocycles. The summed E-state index contributed by atoms with van der Waals surface area (Å²) in [7, 11) is 4.00. The third-order valence-corrected chi connectivity index (χ3v) is 3.52. The summed E-state index contributed by atoms with van der Waals surface area (Å²) >= 11 is 0. The molecule has 0 heterocycles. The van der Waals surface area contributed by atoms with Crippen molar-refractivity contribution in [2.75, 3.05) is 27.3 Å². The van der Waals surface area contributed by atoms with E-state index in [-0.39, 0.29) is 0 Å². The van der Waals surface area contributed by atoms with Gasteiger partial charge in [-0.25, -0.2) is 0 Å². The standard InChI is InChI=1S/C13H28N2O/c1-5-6-13(9-14-12-7-8-12)15(3)11(2)10-16-4/h11-14H,5-10H2,1-4H3. The summed E-state index contributed by atoms with van der Waals surface area (Å²) in [5.74, 6) is 0. The van der Waals surface area contributed by atoms with Crippen LogP contribution in [0.3, 0.4) is 0 Å². The minimum Gasteiger partial charge on any atom is -0.383 e. The predicted octanol–water partition coefficient (Wildman–Crippen LogP) is 1.87. The summed E-state index contributed by atoms with van der Waals surface area (Å²) in [6.07, 6.45) is 5.26. The van der Waals surface area contributed by atoms with E-state index < -0.39 is 0 Å². The molecule has 0 aromatic rings. The fraction of sp³-hybridized carbons (Fsp3) is 1.00. The third-order valence-electron chi connectivity index (χ3n) is 3.52. The Balaban J connectivity index is 2.32. The maximum Gasteiger partial charge on any atom is 0.0615 e. The number of nitrogens with one attached hydrogen (secondary N) is 1. The highest BCUT2D eigenvalue weighted by Gasteiger charge is 2.24. The molecule has 0 bridgehead atoms. The smallest absolute Gasteiger partial charge is 0.0615 e. The number of hydrogen-bond donors (Lipinski definition) is 1. The Kier molecular flexibility index (Phi) is 6.32. The lowest BCUT2D eigenvalue weighted by molar-refractivity contribution is 0.0852. The zero-order chi connectivity index (χ0) is 12.0. The fourth-order valence-corrected chi connectivity index (χ4v) is 2.09. The Morgan fingerprint density at radius 1 is 1.44 bits per heavy atom. The second-order valence-corrected chi connectivity index (χ2v) is 5.09. The predicted molar refractivity (Wildman–Crippen MR) is 68.8 cm³/mol. The van der Waals surface area contributed by atoms with Crippen molar-refractivity contribution in [1.29, 1.82) is 0 Å². The maximum atomic E-state index is 5.23. The van der Waals surface area contributed by atoms with Gasteiger partial charge in [0.05, 0.1) is 6.61 Å². The molecular formula is C13H28N2O. The quantitative estimate of drug-likeness (QED) is 0.652. The fourth-order valence-electron chi connectivity index (χ4n) is 2.09. The molecule has 1 rings (SSSR count). The number of nitrogens with zero attached hydrogens (tertiary/aromatic N) is 1. The lowest BCUT2D eigenvalue weighted by atomic mass is 10.1. The SMILES string of the molecule is CCCC(CNC1CC1)N(C)C(C)COC. The van der Waals surface area contributed by atoms with Gasteiger partial charge in [-0.1, -0.05) is 13.3 Å². The monoisotopic (exact) mass is 228 g/mol. The van der Waals surface area contributed by atoms with Crippen LogP contribution in [0.5, 0.6) is 0 Å². The first-order valence-electron chi connectivity index (χ1n) is 6.63. The maximum absolute atomic E-state index is 5.23. The van der Waals surface area contributed by atoms with Gasteiger partial charge in [0.1, 0.15) is 0 Å². The van der Waals surface area contributed by atoms with Crippen molar-refractivity contribution in [3.63, 3.8) is 0 Å². The van der Waals surface area contributed by atoms with Gasteiger partial charge in [-0.3, -0.25) is 4.90 Å². The first-order valence-corrected chi connectivity index (χ1v) is 6.63. The van der Waals surface area contributed by atoms with E-state index >= 15 is 0 Å². The van der Waals surface area contributed by atoms with Gasteiger partial charge in [0.25, 0.3) is 0 Å². The second kappa shape index (κ2) is 7.25. The van der Waals surface area contributed by atoms with Gasteiger partial charge in [-0.05, 0) is 33.2 Å². The average molecular weight is 228 g/mol. The third kappa shape index (κ3) is 4.81. The van der Waals surface area contributed by atoms with Gasteiger partial charge in [0, 0.05) is 31.8 Å². The molecule has 2 unspecified atom stereocenters. The molecular weight excluding hydrogens is 200 g/mol. The van der Waals surface area contributed by atoms with E-state index in [2.05, 4.69) is 31.1 Å². The molecule has 1 aliphatic rings. The first-order chi connectivity index (χ1) is 7.69. The highest BCUT2D eigenvalue weighted by atomic mass is 16.5. The molecule has 2 atom stereocenters. The van der Waals surface area contributed by atoms with Crippen LogP contribution in [0.2, 0.25) is 0 Å². The van der Waals surface area contributed by atoms with E-state index in [1.54, 1.807) is 7.11 Å². The van der Waals surface area contributed by atoms with Crippen molar-refractivity contribution in [3.05, 3.63) is 0 Å². The normalized spacial score (nSPS) is 20.1. The summed E-state index contributed by atoms with van der Waals surface area (Å²) in [5.41, 5.74) is 0. The van der Waals surface area contributed by atoms with Crippen LogP contribution < -0.4 is 5.32 Å². The number of methoxy groups -OCH3 is 1. The van der Waals surface area contributed by atoms with Gasteiger partial charge in [0.15, 0.2) is 0 Å². The van der Waals surface area contributed by atoms with Gasteiger partial charge < -0.3 is 10.1 Å². The Bertz CT molecular complexity index is 183. The summed E-state index contributed by atoms with van der Waals surface area (Å²) in [4.78, 5) is 2.46. The molecule has 1 saturated carbocycles. The van der Waals surface area contributed by atoms with Crippen molar-refractivity contribution in [3.8, 4) is 0 Å². The van der Waals surface area contributed by atoms with Crippen molar-refractivity contribution < 1.29 is 4.74 Å². The molecule has 16 heavy (non-hydrogen) atoms. The molecule has 1 N–H and O–H groups in total. The minimum atomic E-state index is 0.502. The van der Waals surface area contributed by atoms with Gasteiger partial charge in [-0.15, -0.1) is 0 Å². The first kappa shape index (κ1) is 13.9. The summed E-state index contributed by atoms with van der Waals surface area (Å²) < 4.78 is 5.23. The molecule has 1 aliphatic carbocycles. The Hall–Kier alpha value is -0.120. The summed E-state index contributed by atoms with van der Waals surface area (Å²) in [6, 6.07) is 1.96. The Labute approximate surface area is 101 Å². The van der Waals surface area contributed by atoms with Crippen LogP contribution in [0.1, 0.15) is 39.5 Å². The van der Waals surface area contributed by atoms with Crippen molar-refractivity contribution in [2.45, 2.75) is 57.7 Å². The number of rotatable bonds is 9. The lowest BCUT2D eigenvalue weighted by Gasteiger charge is -2.33. The minimum absolute atomic E-state index is 0.502. The number of likely N-dealkylation sites (N-methyl/N-ethyl adjacent to an activating group) is 1. The van der Waals surface area contributed by atoms with Gasteiger partial charge >= 0.3 is 0 Å². The molecule has 0 amide bonds. The van der Waals surface area contributed by atoms with Crippen molar-refractivity contribution in [2.24, 2.45) is 0 Å². The molecule has 96 valence electrons. The molecule has 1 fully saturated rings. The highest BCUT2D eigenvalue weighted by Crippen LogP contribution is 2.19. The molecule has 0 spiro atoms. The van der Waals surface area contributed by atoms with Crippen LogP contribution in [0.4, 0.5) is 0 Å². The zero-order valence-electron chi connectivity index (χ0n) is 11.3. The van der Waals surface area contributed by atoms with Crippen LogP contribution >= 0.6 is 0 Å². The molecule has 0 aliphatic heterocycles. The highest BCUT2D eigenvalue weighted by molar-refractivity contribution is 4.84. The Morgan fingerprint density at radius 3 is 2.62 bits per heavy atom. The Morgan fingerprint density at radius 2 is 2.12 bits per heavy atom. The van der Waals surface area contributed by atoms with Crippen LogP contribution in [0, 0.1) is 0 Å². The van der Waals surface area contributed by atoms with Gasteiger partial charge in [0.2, 0.25) is 0 Å². The number of ether oxygens (including phenoxy) is 1. The largest absolute Gasteiger partial charge is 0.383 e. The van der Waals surface area contributed by atoms with E-state index in [1.165, 1.54) is 25.7 Å². The van der Waals surface area contributed by atoms with Crippen LogP contribution in [0.25, 0.3) is 0 Å². The zero-order valence-corrected chi connectivity index (χ0v) is 11.3. The van der Waals surface area contributed by atoms with Crippen LogP contribution in [-0.2, 0) is 4.74 Å². The van der Waals surface area contributed by atoms with E-state index in [1.807, 2.05) is 0 Å². The van der Waals surface area contributed by atoms with Crippen molar-refractivity contribution in [1.82, 2.24) is 10.2 Å². The summed E-state index contributed by atoms with van der Waals surface area (Å²) in [6.45, 7) is 6.45. The second-order valence-electron chi connectivity index (χ2n) is 5.09. The lowest BCUT2D eigenvalue weighted by Crippen LogP contribution is -2.46. The van der Waals surface area contributed by atoms with E-state index in [0.717, 1.165) is 19.2 Å². The molecule has 3 nitrogen and oxygen atoms in total. The molecule has 0 aromatic carbocycles. The van der Waals surface area contributed by atoms with Crippen LogP contribution in [-0.4, -0.2) is 50.3 Å². The molecule has 0 radical (unpaired) electrons. The number of hydrogen-bond acceptors (Lipinski definition) is 3. The van der Waals surface area contributed by atoms with E-state index in [9.17, 15) is 0 Å². The topological polar surface area (TPSA) is 24.5 Å². The van der Waals surface area contributed by atoms with Crippen LogP contribution in [0.15, 0.2) is 0 Å². The summed E-state index contributed by atoms with van der Waals surface area (Å²) in [5, 5.41) is 3.64. The van der Waals surface area contributed by atoms with E-state index in [0.29, 0.717) is 12.1 Å². The van der Waals surface area contributed by atoms with Gasteiger partial charge in [-0.2, -0.15) is 0 Å². The average Bonchev–Trinajstić information content (AvgIpc) is 3.07.